The van der Waals surface area contributed by atoms with Gasteiger partial charge in [-0.05, 0) is 32.0 Å². The molecule has 19 heavy (non-hydrogen) atoms. The Hall–Kier alpha value is -1.01. The smallest absolute Gasteiger partial charge is 0.230 e. The second-order valence-electron chi connectivity index (χ2n) is 4.81. The molecule has 1 aromatic rings. The first-order chi connectivity index (χ1) is 9.25. The van der Waals surface area contributed by atoms with Crippen molar-refractivity contribution in [2.24, 2.45) is 7.05 Å². The zero-order valence-corrected chi connectivity index (χ0v) is 12.2. The minimum Gasteiger partial charge on any atom is -0.355 e. The van der Waals surface area contributed by atoms with Crippen LogP contribution in [0.2, 0.25) is 0 Å². The van der Waals surface area contributed by atoms with Crippen LogP contribution in [0.1, 0.15) is 18.5 Å². The lowest BCUT2D eigenvalue weighted by atomic mass is 10.2. The summed E-state index contributed by atoms with van der Waals surface area (Å²) in [5.74, 6) is 0.724. The molecule has 0 bridgehead atoms. The largest absolute Gasteiger partial charge is 0.355 e. The van der Waals surface area contributed by atoms with Gasteiger partial charge in [-0.15, -0.1) is 11.8 Å². The van der Waals surface area contributed by atoms with E-state index in [-0.39, 0.29) is 5.91 Å². The fourth-order valence-electron chi connectivity index (χ4n) is 2.18. The minimum absolute atomic E-state index is 0.144. The fraction of sp³-hybridized carbons (Fsp3) is 0.692. The molecule has 1 saturated heterocycles. The summed E-state index contributed by atoms with van der Waals surface area (Å²) in [5.41, 5.74) is 1.14. The molecule has 0 atom stereocenters. The zero-order valence-electron chi connectivity index (χ0n) is 11.4. The van der Waals surface area contributed by atoms with Gasteiger partial charge in [-0.2, -0.15) is 5.10 Å². The predicted octanol–water partition coefficient (Wildman–Crippen LogP) is 0.564. The first kappa shape index (κ1) is 14.4. The normalized spacial score (nSPS) is 16.5. The van der Waals surface area contributed by atoms with Crippen LogP contribution in [0.5, 0.6) is 0 Å². The molecule has 0 unspecified atom stereocenters. The van der Waals surface area contributed by atoms with Crippen molar-refractivity contribution in [3.8, 4) is 0 Å². The first-order valence-electron chi connectivity index (χ1n) is 6.81. The first-order valence-corrected chi connectivity index (χ1v) is 7.86. The topological polar surface area (TPSA) is 59.0 Å². The van der Waals surface area contributed by atoms with Gasteiger partial charge in [-0.25, -0.2) is 0 Å². The van der Waals surface area contributed by atoms with E-state index in [0.29, 0.717) is 17.5 Å². The number of aryl methyl sites for hydroxylation is 1. The molecule has 106 valence electrons. The molecule has 0 saturated carbocycles. The highest BCUT2D eigenvalue weighted by molar-refractivity contribution is 8.00. The number of thioether (sulfide) groups is 1. The van der Waals surface area contributed by atoms with Gasteiger partial charge in [0, 0.05) is 37.2 Å². The van der Waals surface area contributed by atoms with E-state index < -0.39 is 0 Å². The SMILES string of the molecule is Cn1nccc1CCNC(=O)CSC1CCNCC1. The molecule has 0 radical (unpaired) electrons. The van der Waals surface area contributed by atoms with E-state index in [1.165, 1.54) is 12.8 Å². The van der Waals surface area contributed by atoms with Gasteiger partial charge in [0.1, 0.15) is 0 Å². The van der Waals surface area contributed by atoms with Gasteiger partial charge >= 0.3 is 0 Å². The molecule has 1 aliphatic heterocycles. The third-order valence-electron chi connectivity index (χ3n) is 3.36. The fourth-order valence-corrected chi connectivity index (χ4v) is 3.24. The lowest BCUT2D eigenvalue weighted by Gasteiger charge is -2.21. The van der Waals surface area contributed by atoms with Crippen LogP contribution in [0.25, 0.3) is 0 Å². The summed E-state index contributed by atoms with van der Waals surface area (Å²) in [6.45, 7) is 2.85. The summed E-state index contributed by atoms with van der Waals surface area (Å²) in [6, 6.07) is 1.98. The van der Waals surface area contributed by atoms with Crippen LogP contribution in [0.4, 0.5) is 0 Å². The monoisotopic (exact) mass is 282 g/mol. The Balaban J connectivity index is 1.58. The van der Waals surface area contributed by atoms with Crippen molar-refractivity contribution in [2.75, 3.05) is 25.4 Å². The van der Waals surface area contributed by atoms with Crippen LogP contribution < -0.4 is 10.6 Å². The van der Waals surface area contributed by atoms with Crippen LogP contribution in [-0.2, 0) is 18.3 Å². The summed E-state index contributed by atoms with van der Waals surface area (Å²) in [6.07, 6.45) is 4.96. The average molecular weight is 282 g/mol. The minimum atomic E-state index is 0.144. The summed E-state index contributed by atoms with van der Waals surface area (Å²) >= 11 is 1.79. The number of rotatable bonds is 6. The maximum Gasteiger partial charge on any atom is 0.230 e. The quantitative estimate of drug-likeness (QED) is 0.800. The standard InChI is InChI=1S/C13H22N4OS/c1-17-11(3-9-16-17)2-8-15-13(18)10-19-12-4-6-14-7-5-12/h3,9,12,14H,2,4-8,10H2,1H3,(H,15,18). The molecule has 1 aliphatic rings. The molecule has 1 amide bonds. The third kappa shape index (κ3) is 4.87. The molecule has 5 nitrogen and oxygen atoms in total. The number of nitrogens with zero attached hydrogens (tertiary/aromatic N) is 2. The van der Waals surface area contributed by atoms with Crippen molar-refractivity contribution in [2.45, 2.75) is 24.5 Å². The molecular formula is C13H22N4OS. The van der Waals surface area contributed by atoms with Crippen molar-refractivity contribution in [1.29, 1.82) is 0 Å². The molecule has 6 heteroatoms. The van der Waals surface area contributed by atoms with E-state index in [9.17, 15) is 4.79 Å². The van der Waals surface area contributed by atoms with Gasteiger partial charge < -0.3 is 10.6 Å². The van der Waals surface area contributed by atoms with E-state index in [1.54, 1.807) is 18.0 Å². The molecule has 2 heterocycles. The summed E-state index contributed by atoms with van der Waals surface area (Å²) in [7, 11) is 1.92. The van der Waals surface area contributed by atoms with E-state index in [4.69, 9.17) is 0 Å². The van der Waals surface area contributed by atoms with Crippen LogP contribution >= 0.6 is 11.8 Å². The van der Waals surface area contributed by atoms with Crippen LogP contribution in [-0.4, -0.2) is 46.3 Å². The second-order valence-corrected chi connectivity index (χ2v) is 6.10. The summed E-state index contributed by atoms with van der Waals surface area (Å²) in [5, 5.41) is 11.1. The number of carbonyl (C=O) groups is 1. The van der Waals surface area contributed by atoms with Gasteiger partial charge in [0.05, 0.1) is 5.75 Å². The van der Waals surface area contributed by atoms with Crippen molar-refractivity contribution in [1.82, 2.24) is 20.4 Å². The number of hydrogen-bond acceptors (Lipinski definition) is 4. The number of piperidine rings is 1. The Morgan fingerprint density at radius 2 is 2.37 bits per heavy atom. The Bertz CT molecular complexity index is 401. The summed E-state index contributed by atoms with van der Waals surface area (Å²) < 4.78 is 1.84. The van der Waals surface area contributed by atoms with Gasteiger partial charge in [0.15, 0.2) is 0 Å². The molecule has 0 spiro atoms. The molecule has 1 aromatic heterocycles. The number of aromatic nitrogens is 2. The number of carbonyl (C=O) groups excluding carboxylic acids is 1. The molecule has 2 N–H and O–H groups in total. The maximum absolute atomic E-state index is 11.7. The molecular weight excluding hydrogens is 260 g/mol. The Morgan fingerprint density at radius 3 is 3.05 bits per heavy atom. The van der Waals surface area contributed by atoms with Crippen molar-refractivity contribution in [3.63, 3.8) is 0 Å². The van der Waals surface area contributed by atoms with Gasteiger partial charge in [0.2, 0.25) is 5.91 Å². The molecule has 0 aliphatic carbocycles. The van der Waals surface area contributed by atoms with Crippen LogP contribution in [0.3, 0.4) is 0 Å². The highest BCUT2D eigenvalue weighted by Gasteiger charge is 2.14. The average Bonchev–Trinajstić information content (AvgIpc) is 2.83. The van der Waals surface area contributed by atoms with E-state index in [0.717, 1.165) is 25.2 Å². The Kier molecular flexibility index (Phi) is 5.72. The van der Waals surface area contributed by atoms with Crippen molar-refractivity contribution >= 4 is 17.7 Å². The van der Waals surface area contributed by atoms with Crippen molar-refractivity contribution in [3.05, 3.63) is 18.0 Å². The highest BCUT2D eigenvalue weighted by atomic mass is 32.2. The zero-order chi connectivity index (χ0) is 13.5. The van der Waals surface area contributed by atoms with Crippen LogP contribution in [0, 0.1) is 0 Å². The number of nitrogens with one attached hydrogen (secondary N) is 2. The molecule has 0 aromatic carbocycles. The van der Waals surface area contributed by atoms with E-state index in [1.807, 2.05) is 17.8 Å². The van der Waals surface area contributed by atoms with Crippen LogP contribution in [0.15, 0.2) is 12.3 Å². The highest BCUT2D eigenvalue weighted by Crippen LogP contribution is 2.19. The van der Waals surface area contributed by atoms with Gasteiger partial charge in [-0.3, -0.25) is 9.48 Å². The molecule has 1 fully saturated rings. The second kappa shape index (κ2) is 7.55. The third-order valence-corrected chi connectivity index (χ3v) is 4.73. The van der Waals surface area contributed by atoms with Gasteiger partial charge in [-0.1, -0.05) is 0 Å². The van der Waals surface area contributed by atoms with E-state index >= 15 is 0 Å². The van der Waals surface area contributed by atoms with Crippen molar-refractivity contribution < 1.29 is 4.79 Å². The lowest BCUT2D eigenvalue weighted by Crippen LogP contribution is -2.32. The Morgan fingerprint density at radius 1 is 1.58 bits per heavy atom. The lowest BCUT2D eigenvalue weighted by molar-refractivity contribution is -0.118. The Labute approximate surface area is 118 Å². The number of amides is 1. The van der Waals surface area contributed by atoms with E-state index in [2.05, 4.69) is 15.7 Å². The summed E-state index contributed by atoms with van der Waals surface area (Å²) in [4.78, 5) is 11.7. The predicted molar refractivity (Wildman–Crippen MR) is 78.3 cm³/mol. The van der Waals surface area contributed by atoms with Gasteiger partial charge in [0.25, 0.3) is 0 Å². The number of hydrogen-bond donors (Lipinski definition) is 2. The molecule has 2 rings (SSSR count). The maximum atomic E-state index is 11.7.